The van der Waals surface area contributed by atoms with Crippen LogP contribution in [0.3, 0.4) is 0 Å². The van der Waals surface area contributed by atoms with Gasteiger partial charge in [0, 0.05) is 50.3 Å². The zero-order chi connectivity index (χ0) is 24.4. The van der Waals surface area contributed by atoms with Crippen LogP contribution in [0.5, 0.6) is 5.88 Å². The van der Waals surface area contributed by atoms with Crippen LogP contribution < -0.4 is 15.4 Å². The first-order chi connectivity index (χ1) is 17.0. The summed E-state index contributed by atoms with van der Waals surface area (Å²) >= 11 is 1.49. The van der Waals surface area contributed by atoms with E-state index in [9.17, 15) is 14.3 Å². The van der Waals surface area contributed by atoms with E-state index in [-0.39, 0.29) is 17.6 Å². The number of hydrogen-bond donors (Lipinski definition) is 3. The molecule has 1 amide bonds. The average molecular weight is 499 g/mol. The first kappa shape index (κ1) is 23.9. The van der Waals surface area contributed by atoms with Crippen LogP contribution in [0.15, 0.2) is 35.4 Å². The standard InChI is InChI=1S/C24H27FN6O3S/c1-34-22-5-3-18-23(30-22)16(17(25)10-27-18)6-7-31-11-14(19(32)12-31)8-26-9-15-2-4-20-24(28-15)29-21(33)13-35-20/h2-5,10,14,19,26,32H,6-9,11-13H2,1H3,(H,28,29,33)/t14?,19-/m1/s1. The van der Waals surface area contributed by atoms with Crippen LogP contribution in [0.2, 0.25) is 0 Å². The highest BCUT2D eigenvalue weighted by Gasteiger charge is 2.31. The van der Waals surface area contributed by atoms with Crippen LogP contribution in [0.25, 0.3) is 11.0 Å². The lowest BCUT2D eigenvalue weighted by Gasteiger charge is -2.18. The predicted octanol–water partition coefficient (Wildman–Crippen LogP) is 1.84. The van der Waals surface area contributed by atoms with Gasteiger partial charge in [0.15, 0.2) is 0 Å². The summed E-state index contributed by atoms with van der Waals surface area (Å²) in [4.78, 5) is 27.8. The molecular formula is C24H27FN6O3S. The molecule has 0 aromatic carbocycles. The first-order valence-corrected chi connectivity index (χ1v) is 12.5. The minimum Gasteiger partial charge on any atom is -0.481 e. The van der Waals surface area contributed by atoms with E-state index in [4.69, 9.17) is 4.74 Å². The van der Waals surface area contributed by atoms with Crippen LogP contribution in [-0.2, 0) is 17.8 Å². The quantitative estimate of drug-likeness (QED) is 0.428. The molecule has 2 aliphatic heterocycles. The molecule has 3 aromatic heterocycles. The molecule has 11 heteroatoms. The Bertz CT molecular complexity index is 1250. The Kier molecular flexibility index (Phi) is 7.09. The Morgan fingerprint density at radius 3 is 3.03 bits per heavy atom. The fourth-order valence-electron chi connectivity index (χ4n) is 4.51. The summed E-state index contributed by atoms with van der Waals surface area (Å²) < 4.78 is 19.8. The van der Waals surface area contributed by atoms with Crippen molar-refractivity contribution >= 4 is 34.5 Å². The second kappa shape index (κ2) is 10.4. The minimum atomic E-state index is -0.466. The summed E-state index contributed by atoms with van der Waals surface area (Å²) in [5.41, 5.74) is 2.47. The zero-order valence-electron chi connectivity index (χ0n) is 19.3. The molecule has 184 valence electrons. The maximum absolute atomic E-state index is 14.6. The number of β-amino-alcohol motifs (C(OH)–C–C–N with tert-alkyl or cyclic N) is 1. The number of aliphatic hydroxyl groups is 1. The molecule has 2 aliphatic rings. The Morgan fingerprint density at radius 1 is 1.29 bits per heavy atom. The van der Waals surface area contributed by atoms with Crippen LogP contribution in [0.1, 0.15) is 11.3 Å². The number of carbonyl (C=O) groups excluding carboxylic acids is 1. The number of hydrogen-bond acceptors (Lipinski definition) is 9. The molecule has 0 bridgehead atoms. The Balaban J connectivity index is 1.15. The van der Waals surface area contributed by atoms with Crippen molar-refractivity contribution in [3.05, 3.63) is 47.5 Å². The van der Waals surface area contributed by atoms with E-state index in [2.05, 4.69) is 30.5 Å². The lowest BCUT2D eigenvalue weighted by Crippen LogP contribution is -2.30. The molecule has 35 heavy (non-hydrogen) atoms. The van der Waals surface area contributed by atoms with Gasteiger partial charge in [-0.3, -0.25) is 9.78 Å². The predicted molar refractivity (Wildman–Crippen MR) is 131 cm³/mol. The average Bonchev–Trinajstić information content (AvgIpc) is 3.21. The number of anilines is 1. The lowest BCUT2D eigenvalue weighted by molar-refractivity contribution is -0.113. The Hall–Kier alpha value is -2.86. The normalized spacial score (nSPS) is 20.1. The summed E-state index contributed by atoms with van der Waals surface area (Å²) in [6.45, 7) is 3.02. The van der Waals surface area contributed by atoms with Crippen molar-refractivity contribution in [3.8, 4) is 5.88 Å². The molecule has 1 fully saturated rings. The second-order valence-electron chi connectivity index (χ2n) is 8.76. The number of amides is 1. The number of rotatable bonds is 8. The molecule has 3 aromatic rings. The first-order valence-electron chi connectivity index (χ1n) is 11.5. The summed E-state index contributed by atoms with van der Waals surface area (Å²) in [5, 5.41) is 16.8. The van der Waals surface area contributed by atoms with Gasteiger partial charge in [0.05, 0.1) is 46.8 Å². The van der Waals surface area contributed by atoms with Crippen molar-refractivity contribution in [2.75, 3.05) is 44.4 Å². The topological polar surface area (TPSA) is 112 Å². The number of nitrogens with one attached hydrogen (secondary N) is 2. The maximum atomic E-state index is 14.6. The number of likely N-dealkylation sites (tertiary alicyclic amines) is 1. The highest BCUT2D eigenvalue weighted by Crippen LogP contribution is 2.29. The van der Waals surface area contributed by atoms with Gasteiger partial charge in [-0.05, 0) is 24.6 Å². The number of ether oxygens (including phenoxy) is 1. The molecule has 0 radical (unpaired) electrons. The van der Waals surface area contributed by atoms with Crippen LogP contribution in [0, 0.1) is 11.7 Å². The van der Waals surface area contributed by atoms with Crippen molar-refractivity contribution < 1.29 is 19.0 Å². The highest BCUT2D eigenvalue weighted by atomic mass is 32.2. The summed E-state index contributed by atoms with van der Waals surface area (Å²) in [6, 6.07) is 7.40. The zero-order valence-corrected chi connectivity index (χ0v) is 20.1. The van der Waals surface area contributed by atoms with Crippen molar-refractivity contribution in [2.24, 2.45) is 5.92 Å². The molecule has 9 nitrogen and oxygen atoms in total. The van der Waals surface area contributed by atoms with Gasteiger partial charge in [-0.25, -0.2) is 14.4 Å². The summed E-state index contributed by atoms with van der Waals surface area (Å²) in [7, 11) is 1.53. The lowest BCUT2D eigenvalue weighted by atomic mass is 10.1. The van der Waals surface area contributed by atoms with Crippen molar-refractivity contribution in [3.63, 3.8) is 0 Å². The third kappa shape index (κ3) is 5.37. The molecular weight excluding hydrogens is 471 g/mol. The molecule has 1 unspecified atom stereocenters. The minimum absolute atomic E-state index is 0.0381. The third-order valence-corrected chi connectivity index (χ3v) is 7.40. The Morgan fingerprint density at radius 2 is 2.17 bits per heavy atom. The molecule has 0 aliphatic carbocycles. The van der Waals surface area contributed by atoms with Gasteiger partial charge < -0.3 is 25.4 Å². The van der Waals surface area contributed by atoms with E-state index in [1.165, 1.54) is 25.1 Å². The summed E-state index contributed by atoms with van der Waals surface area (Å²) in [6.07, 6.45) is 1.23. The fourth-order valence-corrected chi connectivity index (χ4v) is 5.27. The van der Waals surface area contributed by atoms with Gasteiger partial charge in [-0.2, -0.15) is 0 Å². The maximum Gasteiger partial charge on any atom is 0.235 e. The van der Waals surface area contributed by atoms with Gasteiger partial charge in [0.25, 0.3) is 0 Å². The molecule has 0 spiro atoms. The number of methoxy groups -OCH3 is 1. The van der Waals surface area contributed by atoms with E-state index in [0.717, 1.165) is 10.6 Å². The molecule has 2 atom stereocenters. The second-order valence-corrected chi connectivity index (χ2v) is 9.78. The number of aliphatic hydroxyl groups excluding tert-OH is 1. The molecule has 0 saturated carbocycles. The van der Waals surface area contributed by atoms with Crippen LogP contribution >= 0.6 is 11.8 Å². The van der Waals surface area contributed by atoms with E-state index >= 15 is 0 Å². The highest BCUT2D eigenvalue weighted by molar-refractivity contribution is 8.00. The van der Waals surface area contributed by atoms with Gasteiger partial charge in [-0.1, -0.05) is 0 Å². The third-order valence-electron chi connectivity index (χ3n) is 6.35. The number of pyridine rings is 3. The van der Waals surface area contributed by atoms with Gasteiger partial charge in [0.2, 0.25) is 11.8 Å². The number of aromatic nitrogens is 3. The van der Waals surface area contributed by atoms with Crippen molar-refractivity contribution in [1.82, 2.24) is 25.2 Å². The monoisotopic (exact) mass is 498 g/mol. The number of nitrogens with zero attached hydrogens (tertiary/aromatic N) is 4. The van der Waals surface area contributed by atoms with Crippen LogP contribution in [0.4, 0.5) is 10.2 Å². The molecule has 1 saturated heterocycles. The largest absolute Gasteiger partial charge is 0.481 e. The van der Waals surface area contributed by atoms with Gasteiger partial charge in [0.1, 0.15) is 11.6 Å². The van der Waals surface area contributed by atoms with Gasteiger partial charge >= 0.3 is 0 Å². The SMILES string of the molecule is COc1ccc2ncc(F)c(CCN3CC(CNCc4ccc5c(n4)NC(=O)CS5)[C@H](O)C3)c2n1. The van der Waals surface area contributed by atoms with Crippen LogP contribution in [-0.4, -0.2) is 76.0 Å². The summed E-state index contributed by atoms with van der Waals surface area (Å²) in [5.74, 6) is 1.08. The molecule has 5 rings (SSSR count). The Labute approximate surface area is 206 Å². The fraction of sp³-hybridized carbons (Fsp3) is 0.417. The number of thioether (sulfide) groups is 1. The number of fused-ring (bicyclic) bond motifs is 2. The smallest absolute Gasteiger partial charge is 0.235 e. The number of carbonyl (C=O) groups is 1. The van der Waals surface area contributed by atoms with E-state index < -0.39 is 6.10 Å². The molecule has 3 N–H and O–H groups in total. The molecule has 5 heterocycles. The van der Waals surface area contributed by atoms with E-state index in [1.54, 1.807) is 12.1 Å². The van der Waals surface area contributed by atoms with Crippen molar-refractivity contribution in [1.29, 1.82) is 0 Å². The van der Waals surface area contributed by atoms with E-state index in [1.807, 2.05) is 12.1 Å². The number of halogens is 1. The van der Waals surface area contributed by atoms with Gasteiger partial charge in [-0.15, -0.1) is 11.8 Å². The van der Waals surface area contributed by atoms with Crippen molar-refractivity contribution in [2.45, 2.75) is 24.0 Å². The van der Waals surface area contributed by atoms with E-state index in [0.29, 0.717) is 73.2 Å².